The highest BCUT2D eigenvalue weighted by Gasteiger charge is 2.25. The van der Waals surface area contributed by atoms with E-state index in [1.807, 2.05) is 43.3 Å². The first kappa shape index (κ1) is 17.3. The molecule has 0 saturated heterocycles. The number of hydrogen-bond acceptors (Lipinski definition) is 5. The monoisotopic (exact) mass is 379 g/mol. The summed E-state index contributed by atoms with van der Waals surface area (Å²) < 4.78 is 1.54. The van der Waals surface area contributed by atoms with Crippen molar-refractivity contribution in [2.45, 2.75) is 20.0 Å². The maximum absolute atomic E-state index is 12.6. The maximum atomic E-state index is 12.6. The number of hydrogen-bond donors (Lipinski definition) is 2. The molecule has 0 fully saturated rings. The van der Waals surface area contributed by atoms with E-state index in [2.05, 4.69) is 15.6 Å². The van der Waals surface area contributed by atoms with Gasteiger partial charge in [0.1, 0.15) is 0 Å². The zero-order valence-electron chi connectivity index (χ0n) is 14.9. The molecule has 2 heterocycles. The normalized spacial score (nSPS) is 15.5. The predicted octanol–water partition coefficient (Wildman–Crippen LogP) is 3.95. The highest BCUT2D eigenvalue weighted by molar-refractivity contribution is 6.30. The molecule has 7 heteroatoms. The second-order valence-corrected chi connectivity index (χ2v) is 6.88. The first-order valence-corrected chi connectivity index (χ1v) is 8.91. The van der Waals surface area contributed by atoms with Crippen LogP contribution in [0.1, 0.15) is 23.0 Å². The van der Waals surface area contributed by atoms with Gasteiger partial charge >= 0.3 is 0 Å². The molecule has 2 N–H and O–H groups in total. The summed E-state index contributed by atoms with van der Waals surface area (Å²) in [6, 6.07) is 16.8. The first-order chi connectivity index (χ1) is 13.0. The fourth-order valence-electron chi connectivity index (χ4n) is 2.94. The summed E-state index contributed by atoms with van der Waals surface area (Å²) in [7, 11) is 0. The Morgan fingerprint density at radius 2 is 1.78 bits per heavy atom. The van der Waals surface area contributed by atoms with E-state index in [-0.39, 0.29) is 5.56 Å². The second-order valence-electron chi connectivity index (χ2n) is 6.45. The van der Waals surface area contributed by atoms with Crippen LogP contribution in [-0.2, 0) is 0 Å². The van der Waals surface area contributed by atoms with Gasteiger partial charge in [0.15, 0.2) is 6.17 Å². The topological polar surface area (TPSA) is 71.3 Å². The lowest BCUT2D eigenvalue weighted by atomic mass is 10.1. The van der Waals surface area contributed by atoms with Gasteiger partial charge in [-0.2, -0.15) is 0 Å². The van der Waals surface area contributed by atoms with E-state index in [0.29, 0.717) is 22.6 Å². The van der Waals surface area contributed by atoms with E-state index in [1.54, 1.807) is 19.1 Å². The average molecular weight is 380 g/mol. The van der Waals surface area contributed by atoms with Crippen molar-refractivity contribution >= 4 is 29.2 Å². The molecule has 0 spiro atoms. The van der Waals surface area contributed by atoms with Crippen molar-refractivity contribution in [3.05, 3.63) is 86.8 Å². The Morgan fingerprint density at radius 1 is 1.07 bits per heavy atom. The summed E-state index contributed by atoms with van der Waals surface area (Å²) in [5.41, 5.74) is 3.39. The average Bonchev–Trinajstić information content (AvgIpc) is 2.63. The third-order valence-electron chi connectivity index (χ3n) is 4.29. The Balaban J connectivity index is 1.78. The summed E-state index contributed by atoms with van der Waals surface area (Å²) in [5, 5.41) is 7.00. The molecule has 136 valence electrons. The van der Waals surface area contributed by atoms with Crippen molar-refractivity contribution in [2.24, 2.45) is 4.99 Å². The minimum absolute atomic E-state index is 0.164. The second kappa shape index (κ2) is 6.89. The van der Waals surface area contributed by atoms with Crippen LogP contribution >= 0.6 is 11.6 Å². The zero-order chi connectivity index (χ0) is 19.0. The summed E-state index contributed by atoms with van der Waals surface area (Å²) >= 11 is 6.01. The quantitative estimate of drug-likeness (QED) is 0.707. The van der Waals surface area contributed by atoms with E-state index in [4.69, 9.17) is 16.6 Å². The Labute approximate surface area is 161 Å². The van der Waals surface area contributed by atoms with Crippen LogP contribution in [0.4, 0.5) is 11.6 Å². The molecule has 1 atom stereocenters. The minimum atomic E-state index is -0.535. The molecule has 1 aliphatic heterocycles. The molecule has 0 amide bonds. The van der Waals surface area contributed by atoms with Crippen LogP contribution in [0.15, 0.2) is 64.4 Å². The van der Waals surface area contributed by atoms with Crippen LogP contribution in [0.3, 0.4) is 0 Å². The number of anilines is 2. The van der Waals surface area contributed by atoms with E-state index < -0.39 is 6.17 Å². The molecule has 1 aliphatic rings. The van der Waals surface area contributed by atoms with Gasteiger partial charge in [-0.1, -0.05) is 41.4 Å². The van der Waals surface area contributed by atoms with Gasteiger partial charge in [0.25, 0.3) is 5.56 Å². The van der Waals surface area contributed by atoms with Crippen molar-refractivity contribution < 1.29 is 0 Å². The number of rotatable bonds is 2. The number of aromatic nitrogens is 2. The first-order valence-electron chi connectivity index (χ1n) is 8.54. The molecule has 27 heavy (non-hydrogen) atoms. The zero-order valence-corrected chi connectivity index (χ0v) is 15.7. The van der Waals surface area contributed by atoms with Crippen LogP contribution in [0.5, 0.6) is 0 Å². The number of aryl methyl sites for hydroxylation is 2. The van der Waals surface area contributed by atoms with Crippen LogP contribution < -0.4 is 16.2 Å². The Morgan fingerprint density at radius 3 is 2.48 bits per heavy atom. The van der Waals surface area contributed by atoms with E-state index in [9.17, 15) is 4.79 Å². The van der Waals surface area contributed by atoms with Crippen LogP contribution in [0.2, 0.25) is 5.02 Å². The highest BCUT2D eigenvalue weighted by Crippen LogP contribution is 2.26. The summed E-state index contributed by atoms with van der Waals surface area (Å²) in [4.78, 5) is 21.8. The standard InChI is InChI=1S/C20H18ClN5O/c1-12-3-9-16(10-4-12)23-19-24-18(14-5-7-15(21)8-6-14)26-17(27)11-13(2)22-20(26)25-19/h3-11,18H,1-2H3,(H2,22,23,24,25). The lowest BCUT2D eigenvalue weighted by molar-refractivity contribution is 0.577. The minimum Gasteiger partial charge on any atom is -0.326 e. The smallest absolute Gasteiger partial charge is 0.257 e. The molecule has 6 nitrogen and oxygen atoms in total. The number of halogens is 1. The van der Waals surface area contributed by atoms with E-state index in [0.717, 1.165) is 11.3 Å². The van der Waals surface area contributed by atoms with Gasteiger partial charge in [-0.3, -0.25) is 14.7 Å². The van der Waals surface area contributed by atoms with Crippen molar-refractivity contribution in [3.63, 3.8) is 0 Å². The van der Waals surface area contributed by atoms with Gasteiger partial charge in [-0.25, -0.2) is 9.98 Å². The van der Waals surface area contributed by atoms with Crippen molar-refractivity contribution in [3.8, 4) is 0 Å². The maximum Gasteiger partial charge on any atom is 0.257 e. The number of guanidine groups is 1. The van der Waals surface area contributed by atoms with Crippen LogP contribution in [-0.4, -0.2) is 15.5 Å². The molecule has 0 saturated carbocycles. The van der Waals surface area contributed by atoms with Gasteiger partial charge in [-0.15, -0.1) is 0 Å². The summed E-state index contributed by atoms with van der Waals surface area (Å²) in [6.07, 6.45) is -0.535. The highest BCUT2D eigenvalue weighted by atomic mass is 35.5. The van der Waals surface area contributed by atoms with Gasteiger partial charge in [0.05, 0.1) is 0 Å². The number of aliphatic imine (C=N–C) groups is 1. The molecule has 0 radical (unpaired) electrons. The van der Waals surface area contributed by atoms with Gasteiger partial charge in [0, 0.05) is 22.5 Å². The number of fused-ring (bicyclic) bond motifs is 1. The van der Waals surface area contributed by atoms with Gasteiger partial charge < -0.3 is 5.32 Å². The van der Waals surface area contributed by atoms with Crippen LogP contribution in [0.25, 0.3) is 0 Å². The third-order valence-corrected chi connectivity index (χ3v) is 4.54. The Kier molecular flexibility index (Phi) is 4.41. The fraction of sp³-hybridized carbons (Fsp3) is 0.150. The predicted molar refractivity (Wildman–Crippen MR) is 109 cm³/mol. The van der Waals surface area contributed by atoms with Crippen LogP contribution in [0, 0.1) is 13.8 Å². The number of nitrogens with one attached hydrogen (secondary N) is 2. The molecule has 1 aromatic heterocycles. The molecule has 0 aliphatic carbocycles. The molecular weight excluding hydrogens is 362 g/mol. The molecule has 3 aromatic rings. The van der Waals surface area contributed by atoms with Gasteiger partial charge in [0.2, 0.25) is 11.9 Å². The summed E-state index contributed by atoms with van der Waals surface area (Å²) in [6.45, 7) is 3.83. The van der Waals surface area contributed by atoms with Crippen molar-refractivity contribution in [1.82, 2.24) is 9.55 Å². The van der Waals surface area contributed by atoms with E-state index in [1.165, 1.54) is 16.2 Å². The fourth-order valence-corrected chi connectivity index (χ4v) is 3.07. The SMILES string of the molecule is Cc1ccc(NC2=NC(c3ccc(Cl)cc3)n3c(nc(C)cc3=O)N2)cc1. The Bertz CT molecular complexity index is 1070. The molecule has 1 unspecified atom stereocenters. The Hall–Kier alpha value is -3.12. The summed E-state index contributed by atoms with van der Waals surface area (Å²) in [5.74, 6) is 0.973. The molecule has 4 rings (SSSR count). The molecule has 0 bridgehead atoms. The van der Waals surface area contributed by atoms with Crippen molar-refractivity contribution in [2.75, 3.05) is 10.6 Å². The number of benzene rings is 2. The lowest BCUT2D eigenvalue weighted by Gasteiger charge is -2.27. The largest absolute Gasteiger partial charge is 0.326 e. The third kappa shape index (κ3) is 3.57. The molecular formula is C20H18ClN5O. The van der Waals surface area contributed by atoms with E-state index >= 15 is 0 Å². The molecule has 2 aromatic carbocycles. The lowest BCUT2D eigenvalue weighted by Crippen LogP contribution is -2.37. The number of nitrogens with zero attached hydrogens (tertiary/aromatic N) is 3. The van der Waals surface area contributed by atoms with Crippen molar-refractivity contribution in [1.29, 1.82) is 0 Å². The van der Waals surface area contributed by atoms with Gasteiger partial charge in [-0.05, 0) is 43.7 Å².